The highest BCUT2D eigenvalue weighted by Crippen LogP contribution is 2.20. The highest BCUT2D eigenvalue weighted by molar-refractivity contribution is 6.34. The number of nitrogens with two attached hydrogens (primary N) is 2. The molecule has 92 valence electrons. The Morgan fingerprint density at radius 3 is 2.59 bits per heavy atom. The van der Waals surface area contributed by atoms with Crippen LogP contribution in [0.15, 0.2) is 18.2 Å². The quantitative estimate of drug-likeness (QED) is 0.748. The molecule has 0 fully saturated rings. The van der Waals surface area contributed by atoms with Crippen molar-refractivity contribution in [1.29, 1.82) is 0 Å². The topological polar surface area (TPSA) is 98.2 Å². The van der Waals surface area contributed by atoms with Crippen molar-refractivity contribution in [1.82, 2.24) is 0 Å². The van der Waals surface area contributed by atoms with E-state index in [0.717, 1.165) is 0 Å². The first kappa shape index (κ1) is 13.5. The summed E-state index contributed by atoms with van der Waals surface area (Å²) in [5.74, 6) is -1.09. The molecule has 0 aliphatic heterocycles. The van der Waals surface area contributed by atoms with Gasteiger partial charge in [-0.05, 0) is 18.2 Å². The van der Waals surface area contributed by atoms with E-state index in [0.29, 0.717) is 5.69 Å². The zero-order valence-electron chi connectivity index (χ0n) is 9.37. The Labute approximate surface area is 104 Å². The number of rotatable bonds is 4. The van der Waals surface area contributed by atoms with Crippen LogP contribution in [-0.4, -0.2) is 18.4 Å². The Morgan fingerprint density at radius 2 is 2.12 bits per heavy atom. The van der Waals surface area contributed by atoms with Crippen LogP contribution in [0, 0.1) is 5.92 Å². The molecule has 1 aromatic rings. The molecule has 1 atom stereocenters. The molecule has 0 heterocycles. The van der Waals surface area contributed by atoms with Crippen molar-refractivity contribution in [2.24, 2.45) is 17.4 Å². The van der Waals surface area contributed by atoms with Gasteiger partial charge >= 0.3 is 0 Å². The number of halogens is 1. The summed E-state index contributed by atoms with van der Waals surface area (Å²) in [5, 5.41) is 2.85. The van der Waals surface area contributed by atoms with Crippen LogP contribution < -0.4 is 16.8 Å². The summed E-state index contributed by atoms with van der Waals surface area (Å²) >= 11 is 5.84. The molecule has 17 heavy (non-hydrogen) atoms. The molecule has 0 aromatic heterocycles. The first-order chi connectivity index (χ1) is 7.95. The number of benzene rings is 1. The van der Waals surface area contributed by atoms with Crippen LogP contribution in [-0.2, 0) is 4.79 Å². The first-order valence-electron chi connectivity index (χ1n) is 5.06. The second kappa shape index (κ2) is 5.65. The maximum Gasteiger partial charge on any atom is 0.250 e. The van der Waals surface area contributed by atoms with Crippen molar-refractivity contribution in [3.05, 3.63) is 28.8 Å². The van der Waals surface area contributed by atoms with Crippen LogP contribution in [0.3, 0.4) is 0 Å². The minimum absolute atomic E-state index is 0.199. The van der Waals surface area contributed by atoms with Crippen LogP contribution >= 0.6 is 11.6 Å². The second-order valence-corrected chi connectivity index (χ2v) is 4.09. The zero-order chi connectivity index (χ0) is 13.0. The van der Waals surface area contributed by atoms with E-state index >= 15 is 0 Å². The third kappa shape index (κ3) is 3.44. The van der Waals surface area contributed by atoms with Crippen LogP contribution in [0.4, 0.5) is 5.69 Å². The molecular weight excluding hydrogens is 242 g/mol. The van der Waals surface area contributed by atoms with Crippen molar-refractivity contribution in [2.45, 2.75) is 6.92 Å². The summed E-state index contributed by atoms with van der Waals surface area (Å²) < 4.78 is 0. The average molecular weight is 256 g/mol. The number of carbonyl (C=O) groups excluding carboxylic acids is 2. The number of carbonyl (C=O) groups is 2. The van der Waals surface area contributed by atoms with Crippen molar-refractivity contribution in [2.75, 3.05) is 11.9 Å². The second-order valence-electron chi connectivity index (χ2n) is 3.68. The van der Waals surface area contributed by atoms with E-state index < -0.39 is 5.91 Å². The lowest BCUT2D eigenvalue weighted by atomic mass is 10.1. The van der Waals surface area contributed by atoms with Crippen LogP contribution in [0.1, 0.15) is 17.3 Å². The Morgan fingerprint density at radius 1 is 1.47 bits per heavy atom. The van der Waals surface area contributed by atoms with E-state index in [1.807, 2.05) is 0 Å². The maximum atomic E-state index is 11.5. The Hall–Kier alpha value is -1.59. The number of hydrogen-bond donors (Lipinski definition) is 3. The maximum absolute atomic E-state index is 11.5. The van der Waals surface area contributed by atoms with Crippen LogP contribution in [0.25, 0.3) is 0 Å². The third-order valence-electron chi connectivity index (χ3n) is 2.30. The Bertz CT molecular complexity index is 448. The van der Waals surface area contributed by atoms with Gasteiger partial charge in [-0.3, -0.25) is 9.59 Å². The molecule has 1 rings (SSSR count). The largest absolute Gasteiger partial charge is 0.366 e. The predicted molar refractivity (Wildman–Crippen MR) is 66.8 cm³/mol. The SMILES string of the molecule is CC(CN)C(=O)Nc1ccc(C(N)=O)c(Cl)c1. The van der Waals surface area contributed by atoms with Gasteiger partial charge in [0.2, 0.25) is 11.8 Å². The number of nitrogens with one attached hydrogen (secondary N) is 1. The molecule has 2 amide bonds. The van der Waals surface area contributed by atoms with Crippen molar-refractivity contribution < 1.29 is 9.59 Å². The van der Waals surface area contributed by atoms with E-state index in [4.69, 9.17) is 23.1 Å². The fraction of sp³-hybridized carbons (Fsp3) is 0.273. The van der Waals surface area contributed by atoms with Crippen molar-refractivity contribution in [3.8, 4) is 0 Å². The highest BCUT2D eigenvalue weighted by Gasteiger charge is 2.12. The summed E-state index contributed by atoms with van der Waals surface area (Å²) in [5.41, 5.74) is 11.2. The van der Waals surface area contributed by atoms with Gasteiger partial charge in [0.15, 0.2) is 0 Å². The van der Waals surface area contributed by atoms with Crippen LogP contribution in [0.5, 0.6) is 0 Å². The number of primary amides is 1. The van der Waals surface area contributed by atoms with Gasteiger partial charge in [-0.2, -0.15) is 0 Å². The highest BCUT2D eigenvalue weighted by atomic mass is 35.5. The molecule has 0 spiro atoms. The standard InChI is InChI=1S/C11H14ClN3O2/c1-6(5-13)11(17)15-7-2-3-8(10(14)16)9(12)4-7/h2-4,6H,5,13H2,1H3,(H2,14,16)(H,15,17). The molecule has 0 radical (unpaired) electrons. The lowest BCUT2D eigenvalue weighted by molar-refractivity contribution is -0.119. The lowest BCUT2D eigenvalue weighted by Crippen LogP contribution is -2.26. The number of amides is 2. The molecule has 1 unspecified atom stereocenters. The van der Waals surface area contributed by atoms with Crippen molar-refractivity contribution >= 4 is 29.1 Å². The van der Waals surface area contributed by atoms with E-state index in [1.54, 1.807) is 13.0 Å². The molecule has 0 aliphatic carbocycles. The summed E-state index contributed by atoms with van der Waals surface area (Å²) in [7, 11) is 0. The summed E-state index contributed by atoms with van der Waals surface area (Å²) in [6.45, 7) is 1.98. The smallest absolute Gasteiger partial charge is 0.250 e. The predicted octanol–water partition coefficient (Wildman–Crippen LogP) is 0.972. The number of anilines is 1. The summed E-state index contributed by atoms with van der Waals surface area (Å²) in [6.07, 6.45) is 0. The fourth-order valence-corrected chi connectivity index (χ4v) is 1.44. The molecular formula is C11H14ClN3O2. The Balaban J connectivity index is 2.84. The average Bonchev–Trinajstić information content (AvgIpc) is 2.27. The van der Waals surface area contributed by atoms with Gasteiger partial charge in [0, 0.05) is 18.2 Å². The van der Waals surface area contributed by atoms with E-state index in [1.165, 1.54) is 12.1 Å². The summed E-state index contributed by atoms with van der Waals surface area (Å²) in [4.78, 5) is 22.5. The molecule has 5 N–H and O–H groups in total. The molecule has 1 aromatic carbocycles. The molecule has 0 saturated carbocycles. The molecule has 0 aliphatic rings. The molecule has 5 nitrogen and oxygen atoms in total. The van der Waals surface area contributed by atoms with Crippen LogP contribution in [0.2, 0.25) is 5.02 Å². The first-order valence-corrected chi connectivity index (χ1v) is 5.43. The normalized spacial score (nSPS) is 11.9. The van der Waals surface area contributed by atoms with Gasteiger partial charge in [0.05, 0.1) is 10.6 Å². The van der Waals surface area contributed by atoms with Gasteiger partial charge in [0.25, 0.3) is 0 Å². The minimum atomic E-state index is -0.608. The van der Waals surface area contributed by atoms with E-state index in [2.05, 4.69) is 5.32 Å². The molecule has 0 bridgehead atoms. The van der Waals surface area contributed by atoms with Gasteiger partial charge in [-0.15, -0.1) is 0 Å². The van der Waals surface area contributed by atoms with Gasteiger partial charge in [-0.25, -0.2) is 0 Å². The van der Waals surface area contributed by atoms with E-state index in [-0.39, 0.29) is 29.0 Å². The lowest BCUT2D eigenvalue weighted by Gasteiger charge is -2.10. The molecule has 6 heteroatoms. The van der Waals surface area contributed by atoms with E-state index in [9.17, 15) is 9.59 Å². The van der Waals surface area contributed by atoms with Crippen molar-refractivity contribution in [3.63, 3.8) is 0 Å². The molecule has 0 saturated heterocycles. The third-order valence-corrected chi connectivity index (χ3v) is 2.62. The number of hydrogen-bond acceptors (Lipinski definition) is 3. The fourth-order valence-electron chi connectivity index (χ4n) is 1.17. The minimum Gasteiger partial charge on any atom is -0.366 e. The monoisotopic (exact) mass is 255 g/mol. The Kier molecular flexibility index (Phi) is 4.48. The zero-order valence-corrected chi connectivity index (χ0v) is 10.1. The van der Waals surface area contributed by atoms with Gasteiger partial charge in [0.1, 0.15) is 0 Å². The summed E-state index contributed by atoms with van der Waals surface area (Å²) in [6, 6.07) is 4.50. The van der Waals surface area contributed by atoms with Gasteiger partial charge < -0.3 is 16.8 Å². The van der Waals surface area contributed by atoms with Gasteiger partial charge in [-0.1, -0.05) is 18.5 Å².